The van der Waals surface area contributed by atoms with Gasteiger partial charge in [0.1, 0.15) is 0 Å². The molecule has 1 aromatic carbocycles. The molecule has 1 unspecified atom stereocenters. The van der Waals surface area contributed by atoms with Crippen LogP contribution in [-0.2, 0) is 0 Å². The van der Waals surface area contributed by atoms with E-state index in [1.165, 1.54) is 6.42 Å². The van der Waals surface area contributed by atoms with Gasteiger partial charge in [0, 0.05) is 15.4 Å². The molecule has 0 aliphatic heterocycles. The summed E-state index contributed by atoms with van der Waals surface area (Å²) < 4.78 is 0.730. The molecular formula is C15H18ClIO. The smallest absolute Gasteiger partial charge is 0.167 e. The Bertz CT molecular complexity index is 444. The van der Waals surface area contributed by atoms with Crippen LogP contribution in [0, 0.1) is 12.8 Å². The minimum atomic E-state index is 0.170. The lowest BCUT2D eigenvalue weighted by Gasteiger charge is -2.14. The Balaban J connectivity index is 2.17. The number of aryl methyl sites for hydroxylation is 1. The summed E-state index contributed by atoms with van der Waals surface area (Å²) in [6.07, 6.45) is 5.58. The Labute approximate surface area is 127 Å². The molecule has 2 rings (SSSR count). The third kappa shape index (κ3) is 3.47. The van der Waals surface area contributed by atoms with Crippen molar-refractivity contribution in [2.24, 2.45) is 5.92 Å². The fourth-order valence-corrected chi connectivity index (χ4v) is 3.58. The minimum Gasteiger partial charge on any atom is -0.294 e. The molecule has 1 aromatic rings. The van der Waals surface area contributed by atoms with Crippen molar-refractivity contribution in [1.82, 2.24) is 0 Å². The highest BCUT2D eigenvalue weighted by Gasteiger charge is 2.25. The predicted molar refractivity (Wildman–Crippen MR) is 84.9 cm³/mol. The highest BCUT2D eigenvalue weighted by Crippen LogP contribution is 2.31. The molecule has 0 aromatic heterocycles. The van der Waals surface area contributed by atoms with Crippen LogP contribution in [0.2, 0.25) is 5.02 Å². The van der Waals surface area contributed by atoms with Gasteiger partial charge in [-0.1, -0.05) is 52.2 Å². The standard InChI is InChI=1S/C15H18ClIO/c1-10-5-8-14(16)13(9-10)15(18)11-3-2-4-12(17)7-6-11/h5,8-9,11-12H,2-4,6-7H2,1H3/t11?,12-/m0/s1. The number of halogens is 2. The van der Waals surface area contributed by atoms with Crippen LogP contribution in [-0.4, -0.2) is 9.71 Å². The molecule has 0 heterocycles. The van der Waals surface area contributed by atoms with Gasteiger partial charge in [-0.2, -0.15) is 0 Å². The molecule has 1 fully saturated rings. The van der Waals surface area contributed by atoms with Gasteiger partial charge >= 0.3 is 0 Å². The highest BCUT2D eigenvalue weighted by molar-refractivity contribution is 14.1. The molecule has 1 saturated carbocycles. The number of ketones is 1. The monoisotopic (exact) mass is 376 g/mol. The number of carbonyl (C=O) groups excluding carboxylic acids is 1. The molecule has 1 aliphatic rings. The first kappa shape index (κ1) is 14.3. The second kappa shape index (κ2) is 6.38. The zero-order chi connectivity index (χ0) is 13.1. The molecule has 0 bridgehead atoms. The quantitative estimate of drug-likeness (QED) is 0.299. The van der Waals surface area contributed by atoms with Crippen LogP contribution < -0.4 is 0 Å². The molecule has 2 atom stereocenters. The van der Waals surface area contributed by atoms with Crippen LogP contribution in [0.15, 0.2) is 18.2 Å². The molecule has 0 radical (unpaired) electrons. The molecule has 0 spiro atoms. The van der Waals surface area contributed by atoms with E-state index in [0.717, 1.165) is 35.2 Å². The molecule has 1 nitrogen and oxygen atoms in total. The Hall–Kier alpha value is -0.0900. The lowest BCUT2D eigenvalue weighted by atomic mass is 9.90. The van der Waals surface area contributed by atoms with E-state index in [1.807, 2.05) is 25.1 Å². The Kier molecular flexibility index (Phi) is 5.07. The molecule has 0 N–H and O–H groups in total. The van der Waals surface area contributed by atoms with Crippen molar-refractivity contribution >= 4 is 40.0 Å². The fourth-order valence-electron chi connectivity index (χ4n) is 2.57. The summed E-state index contributed by atoms with van der Waals surface area (Å²) in [5, 5.41) is 0.598. The second-order valence-corrected chi connectivity index (χ2v) is 7.32. The SMILES string of the molecule is Cc1ccc(Cl)c(C(=O)C2CCC[C@H](I)CC2)c1. The van der Waals surface area contributed by atoms with E-state index in [4.69, 9.17) is 11.6 Å². The van der Waals surface area contributed by atoms with E-state index < -0.39 is 0 Å². The Morgan fingerprint density at radius 3 is 2.83 bits per heavy atom. The maximum Gasteiger partial charge on any atom is 0.167 e. The van der Waals surface area contributed by atoms with Gasteiger partial charge in [0.05, 0.1) is 5.02 Å². The number of rotatable bonds is 2. The summed E-state index contributed by atoms with van der Waals surface area (Å²) in [7, 11) is 0. The van der Waals surface area contributed by atoms with E-state index in [2.05, 4.69) is 22.6 Å². The van der Waals surface area contributed by atoms with Crippen molar-refractivity contribution in [3.8, 4) is 0 Å². The average molecular weight is 377 g/mol. The lowest BCUT2D eigenvalue weighted by Crippen LogP contribution is -2.15. The van der Waals surface area contributed by atoms with Crippen LogP contribution in [0.1, 0.15) is 48.0 Å². The number of benzene rings is 1. The third-order valence-corrected chi connectivity index (χ3v) is 5.23. The maximum absolute atomic E-state index is 12.5. The van der Waals surface area contributed by atoms with Crippen LogP contribution in [0.5, 0.6) is 0 Å². The van der Waals surface area contributed by atoms with Crippen molar-refractivity contribution in [2.45, 2.75) is 43.0 Å². The van der Waals surface area contributed by atoms with Crippen molar-refractivity contribution in [2.75, 3.05) is 0 Å². The summed E-state index contributed by atoms with van der Waals surface area (Å²) in [4.78, 5) is 12.5. The first-order valence-electron chi connectivity index (χ1n) is 6.52. The van der Waals surface area contributed by atoms with Gasteiger partial charge in [0.2, 0.25) is 0 Å². The third-order valence-electron chi connectivity index (χ3n) is 3.66. The van der Waals surface area contributed by atoms with Gasteiger partial charge in [0.25, 0.3) is 0 Å². The Morgan fingerprint density at radius 2 is 2.06 bits per heavy atom. The number of alkyl halides is 1. The van der Waals surface area contributed by atoms with Gasteiger partial charge in [0.15, 0.2) is 5.78 Å². The van der Waals surface area contributed by atoms with Crippen LogP contribution in [0.3, 0.4) is 0 Å². The van der Waals surface area contributed by atoms with Gasteiger partial charge in [-0.3, -0.25) is 4.79 Å². The fraction of sp³-hybridized carbons (Fsp3) is 0.533. The van der Waals surface area contributed by atoms with Gasteiger partial charge in [-0.15, -0.1) is 0 Å². The van der Waals surface area contributed by atoms with Crippen molar-refractivity contribution in [3.05, 3.63) is 34.3 Å². The summed E-state index contributed by atoms with van der Waals surface area (Å²) in [5.74, 6) is 0.415. The molecule has 0 amide bonds. The predicted octanol–water partition coefficient (Wildman–Crippen LogP) is 5.22. The number of Topliss-reactive ketones (excluding diaryl/α,β-unsaturated/α-hetero) is 1. The van der Waals surface area contributed by atoms with E-state index >= 15 is 0 Å². The highest BCUT2D eigenvalue weighted by atomic mass is 127. The Morgan fingerprint density at radius 1 is 1.28 bits per heavy atom. The van der Waals surface area contributed by atoms with E-state index in [0.29, 0.717) is 10.6 Å². The first-order chi connectivity index (χ1) is 8.58. The molecular weight excluding hydrogens is 359 g/mol. The second-order valence-electron chi connectivity index (χ2n) is 5.15. The molecule has 0 saturated heterocycles. The average Bonchev–Trinajstić information content (AvgIpc) is 2.56. The van der Waals surface area contributed by atoms with Crippen LogP contribution >= 0.6 is 34.2 Å². The van der Waals surface area contributed by atoms with E-state index in [-0.39, 0.29) is 11.7 Å². The summed E-state index contributed by atoms with van der Waals surface area (Å²) in [5.41, 5.74) is 1.82. The first-order valence-corrected chi connectivity index (χ1v) is 8.14. The van der Waals surface area contributed by atoms with Crippen LogP contribution in [0.25, 0.3) is 0 Å². The minimum absolute atomic E-state index is 0.170. The maximum atomic E-state index is 12.5. The lowest BCUT2D eigenvalue weighted by molar-refractivity contribution is 0.0908. The molecule has 18 heavy (non-hydrogen) atoms. The van der Waals surface area contributed by atoms with E-state index in [1.54, 1.807) is 0 Å². The van der Waals surface area contributed by atoms with E-state index in [9.17, 15) is 4.79 Å². The zero-order valence-electron chi connectivity index (χ0n) is 10.6. The van der Waals surface area contributed by atoms with Crippen molar-refractivity contribution in [3.63, 3.8) is 0 Å². The topological polar surface area (TPSA) is 17.1 Å². The molecule has 98 valence electrons. The molecule has 1 aliphatic carbocycles. The van der Waals surface area contributed by atoms with Crippen molar-refractivity contribution < 1.29 is 4.79 Å². The van der Waals surface area contributed by atoms with Crippen molar-refractivity contribution in [1.29, 1.82) is 0 Å². The summed E-state index contributed by atoms with van der Waals surface area (Å²) in [6.45, 7) is 2.00. The number of hydrogen-bond donors (Lipinski definition) is 0. The normalized spacial score (nSPS) is 24.6. The van der Waals surface area contributed by atoms with Crippen LogP contribution in [0.4, 0.5) is 0 Å². The van der Waals surface area contributed by atoms with Gasteiger partial charge < -0.3 is 0 Å². The largest absolute Gasteiger partial charge is 0.294 e. The molecule has 3 heteroatoms. The van der Waals surface area contributed by atoms with Gasteiger partial charge in [-0.05, 0) is 44.7 Å². The number of carbonyl (C=O) groups is 1. The summed E-state index contributed by atoms with van der Waals surface area (Å²) in [6, 6.07) is 5.71. The van der Waals surface area contributed by atoms with Gasteiger partial charge in [-0.25, -0.2) is 0 Å². The number of hydrogen-bond acceptors (Lipinski definition) is 1. The summed E-state index contributed by atoms with van der Waals surface area (Å²) >= 11 is 8.66. The zero-order valence-corrected chi connectivity index (χ0v) is 13.5.